The van der Waals surface area contributed by atoms with Crippen molar-refractivity contribution < 1.29 is 45.2 Å². The van der Waals surface area contributed by atoms with Crippen molar-refractivity contribution in [1.29, 1.82) is 21.0 Å². The molecule has 0 saturated carbocycles. The number of hydrogen-bond acceptors (Lipinski definition) is 4. The minimum absolute atomic E-state index is 0. The molecule has 0 amide bonds. The fraction of sp³-hybridized carbons (Fsp3) is 0. The van der Waals surface area contributed by atoms with Gasteiger partial charge in [0.15, 0.2) is 0 Å². The molecular weight excluding hydrogens is 570 g/mol. The summed E-state index contributed by atoms with van der Waals surface area (Å²) in [6.07, 6.45) is 0. The van der Waals surface area contributed by atoms with E-state index in [4.69, 9.17) is 21.0 Å². The Morgan fingerprint density at radius 3 is 0.543 bits per heavy atom. The Hall–Kier alpha value is -3.92. The first-order valence-corrected chi connectivity index (χ1v) is 9.54. The molecule has 7 heteroatoms. The molecule has 0 aliphatic carbocycles. The van der Waals surface area contributed by atoms with Crippen LogP contribution in [0.3, 0.4) is 0 Å². The maximum absolute atomic E-state index is 8.29. The van der Waals surface area contributed by atoms with Gasteiger partial charge in [0.2, 0.25) is 0 Å². The summed E-state index contributed by atoms with van der Waals surface area (Å²) in [5.41, 5.74) is 2.86. The summed E-state index contributed by atoms with van der Waals surface area (Å²) >= 11 is 0. The van der Waals surface area contributed by atoms with Gasteiger partial charge >= 0.3 is 20.4 Å². The molecule has 0 spiro atoms. The van der Waals surface area contributed by atoms with Crippen molar-refractivity contribution in [2.75, 3.05) is 0 Å². The molecular formula is C28H20Cl2N4Pd. The third-order valence-corrected chi connectivity index (χ3v) is 3.61. The van der Waals surface area contributed by atoms with E-state index in [1.54, 1.807) is 48.5 Å². The smallest absolute Gasteiger partial charge is 1.00 e. The van der Waals surface area contributed by atoms with Gasteiger partial charge in [-0.2, -0.15) is 21.0 Å². The van der Waals surface area contributed by atoms with E-state index < -0.39 is 0 Å². The summed E-state index contributed by atoms with van der Waals surface area (Å²) in [6, 6.07) is 44.7. The molecule has 0 unspecified atom stereocenters. The summed E-state index contributed by atoms with van der Waals surface area (Å²) in [4.78, 5) is 0. The Balaban J connectivity index is -0.000000379. The zero-order chi connectivity index (χ0) is 23.3. The fourth-order valence-electron chi connectivity index (χ4n) is 2.05. The standard InChI is InChI=1S/4C7H5N.2ClH.Pd/c4*8-6-7-4-2-1-3-5-7;;;/h4*1-5H;2*1H;/q;;;;;;+2/p-2. The molecule has 35 heavy (non-hydrogen) atoms. The Kier molecular flexibility index (Phi) is 25.2. The van der Waals surface area contributed by atoms with Gasteiger partial charge in [0.1, 0.15) is 0 Å². The monoisotopic (exact) mass is 588 g/mol. The van der Waals surface area contributed by atoms with E-state index in [1.807, 2.05) is 97.1 Å². The average molecular weight is 590 g/mol. The van der Waals surface area contributed by atoms with Gasteiger partial charge in [-0.05, 0) is 48.5 Å². The summed E-state index contributed by atoms with van der Waals surface area (Å²) < 4.78 is 0. The van der Waals surface area contributed by atoms with Crippen LogP contribution in [0.4, 0.5) is 0 Å². The Bertz CT molecular complexity index is 997. The second-order valence-electron chi connectivity index (χ2n) is 5.91. The Morgan fingerprint density at radius 2 is 0.457 bits per heavy atom. The molecule has 4 aromatic carbocycles. The van der Waals surface area contributed by atoms with Gasteiger partial charge in [-0.25, -0.2) is 0 Å². The maximum Gasteiger partial charge on any atom is 2.00 e. The van der Waals surface area contributed by atoms with Crippen molar-refractivity contribution >= 4 is 0 Å². The minimum Gasteiger partial charge on any atom is -1.00 e. The van der Waals surface area contributed by atoms with Crippen molar-refractivity contribution in [2.45, 2.75) is 0 Å². The van der Waals surface area contributed by atoms with E-state index in [9.17, 15) is 0 Å². The summed E-state index contributed by atoms with van der Waals surface area (Å²) in [7, 11) is 0. The number of nitrogens with zero attached hydrogens (tertiary/aromatic N) is 4. The topological polar surface area (TPSA) is 95.2 Å². The van der Waals surface area contributed by atoms with Crippen LogP contribution in [-0.2, 0) is 20.4 Å². The van der Waals surface area contributed by atoms with Crippen molar-refractivity contribution in [2.24, 2.45) is 0 Å². The average Bonchev–Trinajstić information content (AvgIpc) is 2.91. The summed E-state index contributed by atoms with van der Waals surface area (Å²) in [6.45, 7) is 0. The van der Waals surface area contributed by atoms with Gasteiger partial charge in [-0.1, -0.05) is 72.8 Å². The van der Waals surface area contributed by atoms with Crippen LogP contribution in [0.25, 0.3) is 0 Å². The van der Waals surface area contributed by atoms with Crippen molar-refractivity contribution in [3.8, 4) is 24.3 Å². The molecule has 0 aliphatic heterocycles. The van der Waals surface area contributed by atoms with E-state index in [2.05, 4.69) is 0 Å². The summed E-state index contributed by atoms with van der Waals surface area (Å²) in [5, 5.41) is 33.2. The van der Waals surface area contributed by atoms with Crippen LogP contribution in [0, 0.1) is 45.3 Å². The van der Waals surface area contributed by atoms with Gasteiger partial charge in [0.25, 0.3) is 0 Å². The van der Waals surface area contributed by atoms with E-state index in [1.165, 1.54) is 0 Å². The predicted octanol–water partition coefficient (Wildman–Crippen LogP) is 0.239. The van der Waals surface area contributed by atoms with E-state index in [0.29, 0.717) is 22.3 Å². The second-order valence-corrected chi connectivity index (χ2v) is 5.91. The normalized spacial score (nSPS) is 7.20. The van der Waals surface area contributed by atoms with E-state index in [-0.39, 0.29) is 45.2 Å². The molecule has 4 aromatic rings. The number of nitriles is 4. The Labute approximate surface area is 233 Å². The van der Waals surface area contributed by atoms with Crippen molar-refractivity contribution in [3.05, 3.63) is 144 Å². The van der Waals surface area contributed by atoms with Crippen LogP contribution < -0.4 is 24.8 Å². The van der Waals surface area contributed by atoms with Crippen LogP contribution in [0.2, 0.25) is 0 Å². The van der Waals surface area contributed by atoms with Gasteiger partial charge in [0.05, 0.1) is 46.5 Å². The van der Waals surface area contributed by atoms with Crippen LogP contribution in [0.5, 0.6) is 0 Å². The third-order valence-electron chi connectivity index (χ3n) is 3.61. The molecule has 4 nitrogen and oxygen atoms in total. The van der Waals surface area contributed by atoms with Crippen LogP contribution >= 0.6 is 0 Å². The molecule has 4 rings (SSSR count). The second kappa shape index (κ2) is 24.7. The minimum atomic E-state index is 0. The number of halogens is 2. The van der Waals surface area contributed by atoms with Gasteiger partial charge in [0, 0.05) is 0 Å². The molecule has 0 aliphatic rings. The molecule has 176 valence electrons. The van der Waals surface area contributed by atoms with Gasteiger partial charge in [-0.3, -0.25) is 0 Å². The number of rotatable bonds is 0. The van der Waals surface area contributed by atoms with Crippen LogP contribution in [-0.4, -0.2) is 0 Å². The third kappa shape index (κ3) is 18.2. The number of hydrogen-bond donors (Lipinski definition) is 0. The SMILES string of the molecule is N#Cc1ccccc1.N#Cc1ccccc1.N#Cc1ccccc1.N#Cc1ccccc1.[Cl-].[Cl-].[Pd+2]. The molecule has 0 saturated heterocycles. The first kappa shape index (κ1) is 35.7. The zero-order valence-electron chi connectivity index (χ0n) is 18.4. The molecule has 0 atom stereocenters. The largest absolute Gasteiger partial charge is 2.00 e. The predicted molar refractivity (Wildman–Crippen MR) is 125 cm³/mol. The van der Waals surface area contributed by atoms with Gasteiger partial charge in [-0.15, -0.1) is 0 Å². The van der Waals surface area contributed by atoms with Gasteiger partial charge < -0.3 is 24.8 Å². The van der Waals surface area contributed by atoms with Crippen molar-refractivity contribution in [1.82, 2.24) is 0 Å². The molecule has 0 N–H and O–H groups in total. The molecule has 0 aromatic heterocycles. The van der Waals surface area contributed by atoms with Crippen molar-refractivity contribution in [3.63, 3.8) is 0 Å². The quantitative estimate of drug-likeness (QED) is 0.275. The number of benzene rings is 4. The Morgan fingerprint density at radius 1 is 0.314 bits per heavy atom. The van der Waals surface area contributed by atoms with Crippen LogP contribution in [0.1, 0.15) is 22.3 Å². The van der Waals surface area contributed by atoms with E-state index in [0.717, 1.165) is 0 Å². The molecule has 0 radical (unpaired) electrons. The first-order chi connectivity index (χ1) is 15.7. The van der Waals surface area contributed by atoms with Crippen LogP contribution in [0.15, 0.2) is 121 Å². The molecule has 0 bridgehead atoms. The molecule has 0 fully saturated rings. The zero-order valence-corrected chi connectivity index (χ0v) is 21.5. The maximum atomic E-state index is 8.29. The fourth-order valence-corrected chi connectivity index (χ4v) is 2.05. The summed E-state index contributed by atoms with van der Waals surface area (Å²) in [5.74, 6) is 0. The first-order valence-electron chi connectivity index (χ1n) is 9.54. The molecule has 0 heterocycles. The van der Waals surface area contributed by atoms with E-state index >= 15 is 0 Å².